The van der Waals surface area contributed by atoms with Gasteiger partial charge in [-0.25, -0.2) is 0 Å². The lowest BCUT2D eigenvalue weighted by Crippen LogP contribution is -2.26. The van der Waals surface area contributed by atoms with E-state index in [2.05, 4.69) is 0 Å². The van der Waals surface area contributed by atoms with Crippen molar-refractivity contribution in [2.75, 3.05) is 12.8 Å². The van der Waals surface area contributed by atoms with E-state index in [1.807, 2.05) is 56.9 Å². The molecule has 1 atom stereocenters. The van der Waals surface area contributed by atoms with Crippen molar-refractivity contribution >= 4 is 21.9 Å². The number of carbonyl (C=O) groups is 1. The summed E-state index contributed by atoms with van der Waals surface area (Å²) in [5, 5.41) is 0. The SMILES string of the molecule is CCCO[P@@](=O)(CC(=O)OCc1ccccc1)O[Si](C)(C)C. The molecule has 0 aromatic heterocycles. The predicted octanol–water partition coefficient (Wildman–Crippen LogP) is 4.20. The maximum Gasteiger partial charge on any atom is 0.332 e. The van der Waals surface area contributed by atoms with Gasteiger partial charge < -0.3 is 13.5 Å². The van der Waals surface area contributed by atoms with Crippen LogP contribution < -0.4 is 0 Å². The summed E-state index contributed by atoms with van der Waals surface area (Å²) in [6.07, 6.45) is 0.363. The van der Waals surface area contributed by atoms with Crippen molar-refractivity contribution in [1.29, 1.82) is 0 Å². The average molecular weight is 344 g/mol. The second-order valence-electron chi connectivity index (χ2n) is 5.95. The third-order valence-electron chi connectivity index (χ3n) is 2.47. The van der Waals surface area contributed by atoms with Crippen molar-refractivity contribution < 1.29 is 22.8 Å². The van der Waals surface area contributed by atoms with Gasteiger partial charge in [-0.05, 0) is 31.6 Å². The fourth-order valence-corrected chi connectivity index (χ4v) is 6.46. The summed E-state index contributed by atoms with van der Waals surface area (Å²) in [7, 11) is -5.54. The van der Waals surface area contributed by atoms with Crippen LogP contribution in [0.1, 0.15) is 18.9 Å². The van der Waals surface area contributed by atoms with E-state index in [1.54, 1.807) is 0 Å². The van der Waals surface area contributed by atoms with Crippen LogP contribution in [0.5, 0.6) is 0 Å². The molecule has 0 radical (unpaired) electrons. The number of carbonyl (C=O) groups excluding carboxylic acids is 1. The van der Waals surface area contributed by atoms with Gasteiger partial charge >= 0.3 is 13.6 Å². The maximum atomic E-state index is 12.7. The van der Waals surface area contributed by atoms with E-state index in [4.69, 9.17) is 13.5 Å². The molecule has 1 aromatic carbocycles. The molecule has 0 heterocycles. The van der Waals surface area contributed by atoms with Gasteiger partial charge in [0.1, 0.15) is 12.8 Å². The number of benzene rings is 1. The molecule has 0 aliphatic heterocycles. The van der Waals surface area contributed by atoms with Gasteiger partial charge in [0.05, 0.1) is 6.61 Å². The Balaban J connectivity index is 2.60. The molecule has 0 fully saturated rings. The molecule has 7 heteroatoms. The number of hydrogen-bond acceptors (Lipinski definition) is 5. The maximum absolute atomic E-state index is 12.7. The van der Waals surface area contributed by atoms with E-state index in [9.17, 15) is 9.36 Å². The molecule has 22 heavy (non-hydrogen) atoms. The molecule has 1 aromatic rings. The van der Waals surface area contributed by atoms with Crippen LogP contribution in [0.15, 0.2) is 30.3 Å². The Kier molecular flexibility index (Phi) is 7.49. The van der Waals surface area contributed by atoms with Crippen LogP contribution in [0.3, 0.4) is 0 Å². The van der Waals surface area contributed by atoms with Gasteiger partial charge in [-0.1, -0.05) is 37.3 Å². The monoisotopic (exact) mass is 344 g/mol. The molecule has 1 rings (SSSR count). The first-order valence-electron chi connectivity index (χ1n) is 7.38. The Hall–Kier alpha value is -0.943. The second kappa shape index (κ2) is 8.63. The predicted molar refractivity (Wildman–Crippen MR) is 89.4 cm³/mol. The summed E-state index contributed by atoms with van der Waals surface area (Å²) in [6.45, 7) is 8.08. The molecule has 0 spiro atoms. The second-order valence-corrected chi connectivity index (χ2v) is 12.7. The summed E-state index contributed by atoms with van der Waals surface area (Å²) in [4.78, 5) is 11.9. The first kappa shape index (κ1) is 19.1. The highest BCUT2D eigenvalue weighted by molar-refractivity contribution is 7.56. The van der Waals surface area contributed by atoms with E-state index in [-0.39, 0.29) is 12.8 Å². The highest BCUT2D eigenvalue weighted by atomic mass is 31.2. The lowest BCUT2D eigenvalue weighted by molar-refractivity contribution is -0.142. The van der Waals surface area contributed by atoms with E-state index in [0.717, 1.165) is 5.56 Å². The molecule has 0 saturated heterocycles. The van der Waals surface area contributed by atoms with Gasteiger partial charge in [-0.2, -0.15) is 0 Å². The van der Waals surface area contributed by atoms with E-state index >= 15 is 0 Å². The van der Waals surface area contributed by atoms with Gasteiger partial charge in [0.2, 0.25) is 0 Å². The van der Waals surface area contributed by atoms with E-state index in [1.165, 1.54) is 0 Å². The first-order valence-corrected chi connectivity index (χ1v) is 12.5. The van der Waals surface area contributed by atoms with Crippen molar-refractivity contribution in [3.63, 3.8) is 0 Å². The van der Waals surface area contributed by atoms with Gasteiger partial charge in [0.25, 0.3) is 0 Å². The lowest BCUT2D eigenvalue weighted by Gasteiger charge is -2.25. The molecular weight excluding hydrogens is 319 g/mol. The van der Waals surface area contributed by atoms with Crippen LogP contribution in [0.2, 0.25) is 19.6 Å². The molecule has 0 saturated carbocycles. The van der Waals surface area contributed by atoms with Crippen LogP contribution in [0.25, 0.3) is 0 Å². The standard InChI is InChI=1S/C15H25O5PSi/c1-5-11-19-21(17,20-22(2,3)4)13-15(16)18-12-14-9-7-6-8-10-14/h6-10H,5,11-13H2,1-4H3/t21-/m0/s1. The summed E-state index contributed by atoms with van der Waals surface area (Å²) >= 11 is 0. The zero-order chi connectivity index (χ0) is 16.6. The molecule has 0 aliphatic rings. The molecular formula is C15H25O5PSi. The minimum absolute atomic E-state index is 0.153. The zero-order valence-corrected chi connectivity index (χ0v) is 15.6. The highest BCUT2D eigenvalue weighted by Gasteiger charge is 2.34. The largest absolute Gasteiger partial charge is 0.460 e. The third kappa shape index (κ3) is 7.89. The van der Waals surface area contributed by atoms with Crippen LogP contribution in [-0.4, -0.2) is 27.1 Å². The summed E-state index contributed by atoms with van der Waals surface area (Å²) < 4.78 is 28.8. The van der Waals surface area contributed by atoms with Crippen molar-refractivity contribution in [3.05, 3.63) is 35.9 Å². The Morgan fingerprint density at radius 2 is 1.82 bits per heavy atom. The van der Waals surface area contributed by atoms with E-state index < -0.39 is 21.9 Å². The van der Waals surface area contributed by atoms with Crippen LogP contribution in [0.4, 0.5) is 0 Å². The van der Waals surface area contributed by atoms with Gasteiger partial charge in [0.15, 0.2) is 8.32 Å². The van der Waals surface area contributed by atoms with Crippen LogP contribution in [0, 0.1) is 0 Å². The minimum atomic E-state index is -3.45. The summed E-state index contributed by atoms with van der Waals surface area (Å²) in [5.74, 6) is -0.568. The third-order valence-corrected chi connectivity index (χ3v) is 7.00. The van der Waals surface area contributed by atoms with Crippen LogP contribution in [-0.2, 0) is 29.4 Å². The lowest BCUT2D eigenvalue weighted by atomic mass is 10.2. The van der Waals surface area contributed by atoms with Crippen molar-refractivity contribution in [1.82, 2.24) is 0 Å². The number of hydrogen-bond donors (Lipinski definition) is 0. The average Bonchev–Trinajstić information content (AvgIpc) is 2.42. The molecule has 0 aliphatic carbocycles. The number of rotatable bonds is 9. The highest BCUT2D eigenvalue weighted by Crippen LogP contribution is 2.50. The van der Waals surface area contributed by atoms with Gasteiger partial charge in [0, 0.05) is 0 Å². The Morgan fingerprint density at radius 1 is 1.18 bits per heavy atom. The molecule has 0 bridgehead atoms. The molecule has 0 unspecified atom stereocenters. The van der Waals surface area contributed by atoms with E-state index in [0.29, 0.717) is 13.0 Å². The topological polar surface area (TPSA) is 61.8 Å². The smallest absolute Gasteiger partial charge is 0.332 e. The van der Waals surface area contributed by atoms with Crippen molar-refractivity contribution in [2.45, 2.75) is 39.6 Å². The van der Waals surface area contributed by atoms with Gasteiger partial charge in [-0.3, -0.25) is 9.36 Å². The quantitative estimate of drug-likeness (QED) is 0.382. The Morgan fingerprint density at radius 3 is 2.36 bits per heavy atom. The Labute approximate surface area is 133 Å². The first-order chi connectivity index (χ1) is 10.2. The fourth-order valence-electron chi connectivity index (χ4n) is 1.69. The zero-order valence-electron chi connectivity index (χ0n) is 13.7. The molecule has 0 amide bonds. The summed E-state index contributed by atoms with van der Waals surface area (Å²) in [6, 6.07) is 9.34. The normalized spacial score (nSPS) is 14.4. The molecule has 5 nitrogen and oxygen atoms in total. The Bertz CT molecular complexity index is 512. The number of ether oxygens (including phenoxy) is 1. The van der Waals surface area contributed by atoms with Crippen molar-refractivity contribution in [2.24, 2.45) is 0 Å². The minimum Gasteiger partial charge on any atom is -0.460 e. The summed E-state index contributed by atoms with van der Waals surface area (Å²) in [5.41, 5.74) is 0.881. The number of esters is 1. The van der Waals surface area contributed by atoms with Crippen molar-refractivity contribution in [3.8, 4) is 0 Å². The van der Waals surface area contributed by atoms with Gasteiger partial charge in [-0.15, -0.1) is 0 Å². The molecule has 0 N–H and O–H groups in total. The fraction of sp³-hybridized carbons (Fsp3) is 0.533. The molecule has 124 valence electrons. The van der Waals surface area contributed by atoms with Crippen LogP contribution >= 0.6 is 7.60 Å².